The van der Waals surface area contributed by atoms with Crippen LogP contribution in [-0.2, 0) is 48.1 Å². The fraction of sp³-hybridized carbons (Fsp3) is 0.311. The van der Waals surface area contributed by atoms with Gasteiger partial charge in [-0.25, -0.2) is 4.98 Å². The van der Waals surface area contributed by atoms with Crippen LogP contribution in [0.3, 0.4) is 0 Å². The Morgan fingerprint density at radius 1 is 0.478 bits per heavy atom. The Bertz CT molecular complexity index is 3120. The van der Waals surface area contributed by atoms with Gasteiger partial charge in [0.1, 0.15) is 5.82 Å². The zero-order chi connectivity index (χ0) is 47.1. The summed E-state index contributed by atoms with van der Waals surface area (Å²) in [6.07, 6.45) is 1.93. The maximum absolute atomic E-state index is 6.94. The van der Waals surface area contributed by atoms with Crippen LogP contribution in [0.1, 0.15) is 130 Å². The second-order valence-corrected chi connectivity index (χ2v) is 22.9. The van der Waals surface area contributed by atoms with Crippen molar-refractivity contribution in [1.29, 1.82) is 0 Å². The first-order valence-corrected chi connectivity index (χ1v) is 23.4. The molecule has 0 atom stereocenters. The summed E-state index contributed by atoms with van der Waals surface area (Å²) in [5.74, 6) is 2.09. The van der Waals surface area contributed by atoms with Crippen molar-refractivity contribution in [3.8, 4) is 17.3 Å². The van der Waals surface area contributed by atoms with Gasteiger partial charge in [0.2, 0.25) is 0 Å². The molecule has 0 saturated heterocycles. The number of hydrogen-bond acceptors (Lipinski definition) is 4. The van der Waals surface area contributed by atoms with E-state index < -0.39 is 0 Å². The van der Waals surface area contributed by atoms with Gasteiger partial charge >= 0.3 is 0 Å². The monoisotopic (exact) mass is 1060 g/mol. The second kappa shape index (κ2) is 17.1. The van der Waals surface area contributed by atoms with Crippen molar-refractivity contribution in [3.05, 3.63) is 186 Å². The molecule has 5 nitrogen and oxygen atoms in total. The summed E-state index contributed by atoms with van der Waals surface area (Å²) < 4.78 is 9.19. The molecule has 2 aromatic heterocycles. The Kier molecular flexibility index (Phi) is 12.2. The molecule has 0 N–H and O–H groups in total. The number of nitrogens with zero attached hydrogens (tertiary/aromatic N) is 4. The molecular weight excluding hydrogens is 1000 g/mol. The van der Waals surface area contributed by atoms with Crippen LogP contribution < -0.4 is 14.5 Å². The van der Waals surface area contributed by atoms with Gasteiger partial charge in [0.25, 0.3) is 0 Å². The molecule has 0 unspecified atom stereocenters. The molecule has 1 aliphatic heterocycles. The molecule has 8 aromatic rings. The first-order valence-electron chi connectivity index (χ1n) is 23.4. The zero-order valence-corrected chi connectivity index (χ0v) is 44.1. The van der Waals surface area contributed by atoms with Gasteiger partial charge in [-0.2, -0.15) is 6.07 Å². The summed E-state index contributed by atoms with van der Waals surface area (Å²) in [5.41, 5.74) is 13.3. The number of aromatic nitrogens is 2. The normalized spacial score (nSPS) is 13.6. The quantitative estimate of drug-likeness (QED) is 0.149. The second-order valence-electron chi connectivity index (χ2n) is 22.9. The molecule has 0 radical (unpaired) electrons. The van der Waals surface area contributed by atoms with Gasteiger partial charge in [-0.15, -0.1) is 53.6 Å². The van der Waals surface area contributed by atoms with Crippen molar-refractivity contribution < 1.29 is 25.8 Å². The Morgan fingerprint density at radius 2 is 1.12 bits per heavy atom. The van der Waals surface area contributed by atoms with Crippen LogP contribution in [0.15, 0.2) is 134 Å². The third-order valence-corrected chi connectivity index (χ3v) is 13.5. The summed E-state index contributed by atoms with van der Waals surface area (Å²) >= 11 is 0. The van der Waals surface area contributed by atoms with E-state index in [0.717, 1.165) is 55.9 Å². The van der Waals surface area contributed by atoms with Gasteiger partial charge in [0.15, 0.2) is 0 Å². The molecule has 3 heterocycles. The van der Waals surface area contributed by atoms with Crippen molar-refractivity contribution >= 4 is 44.6 Å². The summed E-state index contributed by atoms with van der Waals surface area (Å²) in [4.78, 5) is 9.58. The molecule has 0 spiro atoms. The fourth-order valence-corrected chi connectivity index (χ4v) is 9.05. The first-order chi connectivity index (χ1) is 31.0. The average molecular weight is 1070 g/mol. The van der Waals surface area contributed by atoms with Crippen LogP contribution in [0.25, 0.3) is 27.6 Å². The Hall–Kier alpha value is -5.64. The first kappa shape index (κ1) is 47.8. The zero-order valence-electron chi connectivity index (χ0n) is 41.8. The predicted octanol–water partition coefficient (Wildman–Crippen LogP) is 16.5. The number of pyridine rings is 1. The third kappa shape index (κ3) is 9.21. The van der Waals surface area contributed by atoms with E-state index >= 15 is 0 Å². The van der Waals surface area contributed by atoms with E-state index in [-0.39, 0.29) is 48.1 Å². The average Bonchev–Trinajstić information content (AvgIpc) is 3.81. The molecule has 6 heteroatoms. The van der Waals surface area contributed by atoms with E-state index in [2.05, 4.69) is 251 Å². The van der Waals surface area contributed by atoms with Crippen LogP contribution in [-0.4, -0.2) is 9.55 Å². The van der Waals surface area contributed by atoms with Crippen LogP contribution in [0, 0.1) is 18.8 Å². The maximum Gasteiger partial charge on any atom is 0.135 e. The number of fused-ring (bicyclic) bond motifs is 4. The minimum Gasteiger partial charge on any atom is -0.509 e. The van der Waals surface area contributed by atoms with E-state index in [1.165, 1.54) is 27.8 Å². The third-order valence-electron chi connectivity index (χ3n) is 13.5. The number of ether oxygens (including phenoxy) is 1. The van der Waals surface area contributed by atoms with E-state index in [1.807, 2.05) is 12.3 Å². The van der Waals surface area contributed by atoms with E-state index in [4.69, 9.17) is 9.72 Å². The van der Waals surface area contributed by atoms with E-state index in [0.29, 0.717) is 11.5 Å². The molecule has 348 valence electrons. The molecule has 6 aromatic carbocycles. The molecule has 1 aliphatic rings. The van der Waals surface area contributed by atoms with Crippen molar-refractivity contribution in [2.45, 2.75) is 124 Å². The molecule has 0 aliphatic carbocycles. The Labute approximate surface area is 414 Å². The largest absolute Gasteiger partial charge is 0.509 e. The number of hydrogen-bond donors (Lipinski definition) is 0. The minimum atomic E-state index is -0.206. The van der Waals surface area contributed by atoms with Gasteiger partial charge in [-0.3, -0.25) is 0 Å². The van der Waals surface area contributed by atoms with Gasteiger partial charge in [0, 0.05) is 66.8 Å². The Balaban J connectivity index is 0.00000608. The molecule has 9 rings (SSSR count). The van der Waals surface area contributed by atoms with E-state index in [1.54, 1.807) is 0 Å². The molecule has 67 heavy (non-hydrogen) atoms. The molecule has 0 amide bonds. The maximum atomic E-state index is 6.94. The van der Waals surface area contributed by atoms with Crippen LogP contribution in [0.2, 0.25) is 0 Å². The van der Waals surface area contributed by atoms with Crippen molar-refractivity contribution in [2.24, 2.45) is 0 Å². The summed E-state index contributed by atoms with van der Waals surface area (Å²) in [6.45, 7) is 33.9. The van der Waals surface area contributed by atoms with Gasteiger partial charge in [-0.1, -0.05) is 163 Å². The SMILES string of the molecule is CC(C)(C)c1cc(Oc2[c-]c3c(cc2)c2cc(C(C)(C)c4ccccc4)ccc2n3-c2cc(C(C)(C)C)ccn2)[c-]c(N2[CH-]N(c3cccc(C(C)(C)C)c3)c3cc(C(C)(C)C)ccc32)c1.[Pt]. The predicted molar refractivity (Wildman–Crippen MR) is 278 cm³/mol. The summed E-state index contributed by atoms with van der Waals surface area (Å²) in [6, 6.07) is 53.9. The number of anilines is 4. The summed E-state index contributed by atoms with van der Waals surface area (Å²) in [7, 11) is 0. The smallest absolute Gasteiger partial charge is 0.135 e. The summed E-state index contributed by atoms with van der Waals surface area (Å²) in [5, 5.41) is 2.24. The standard InChI is InChI=1S/C61H65N4O.Pt/c1-57(2,3)41-21-18-22-46(31-41)63-39-64(53-28-23-42(35-55(53)63)58(4,5)6)47-32-45(60(10,11)12)33-49(37-47)66-48-25-26-50-51-34-44(61(13,14)40-19-16-15-17-20-40)24-27-52(51)65(54(50)38-48)56-36-43(29-30-62-56)59(7,8)9;/h15-36,39H,1-14H3;/q-3;. The van der Waals surface area contributed by atoms with Crippen LogP contribution in [0.5, 0.6) is 11.5 Å². The molecular formula is C61H65N4OPt-3. The topological polar surface area (TPSA) is 33.5 Å². The van der Waals surface area contributed by atoms with Gasteiger partial charge < -0.3 is 19.1 Å². The minimum absolute atomic E-state index is 0. The Morgan fingerprint density at radius 3 is 1.81 bits per heavy atom. The van der Waals surface area contributed by atoms with Crippen molar-refractivity contribution in [3.63, 3.8) is 0 Å². The van der Waals surface area contributed by atoms with Crippen molar-refractivity contribution in [2.75, 3.05) is 9.80 Å². The van der Waals surface area contributed by atoms with Crippen LogP contribution >= 0.6 is 0 Å². The van der Waals surface area contributed by atoms with Gasteiger partial charge in [0.05, 0.1) is 0 Å². The molecule has 0 fully saturated rings. The van der Waals surface area contributed by atoms with Crippen molar-refractivity contribution in [1.82, 2.24) is 9.55 Å². The molecule has 0 saturated carbocycles. The number of benzene rings is 6. The fourth-order valence-electron chi connectivity index (χ4n) is 9.05. The number of rotatable bonds is 7. The van der Waals surface area contributed by atoms with Crippen LogP contribution in [0.4, 0.5) is 22.7 Å². The van der Waals surface area contributed by atoms with Gasteiger partial charge in [-0.05, 0) is 97.3 Å². The van der Waals surface area contributed by atoms with E-state index in [9.17, 15) is 0 Å². The molecule has 0 bridgehead atoms.